The van der Waals surface area contributed by atoms with E-state index < -0.39 is 18.7 Å². The molecular weight excluding hydrogens is 263 g/mol. The largest absolute Gasteiger partial charge is 0.475 e. The molecule has 0 bridgehead atoms. The number of carbonyl (C=O) groups is 1. The number of furan rings is 1. The summed E-state index contributed by atoms with van der Waals surface area (Å²) in [6, 6.07) is 1.23. The van der Waals surface area contributed by atoms with Crippen LogP contribution in [-0.4, -0.2) is 34.7 Å². The van der Waals surface area contributed by atoms with Crippen LogP contribution in [-0.2, 0) is 6.54 Å². The molecule has 19 heavy (non-hydrogen) atoms. The van der Waals surface area contributed by atoms with Gasteiger partial charge in [-0.1, -0.05) is 0 Å². The third kappa shape index (κ3) is 3.73. The molecule has 4 nitrogen and oxygen atoms in total. The van der Waals surface area contributed by atoms with Crippen molar-refractivity contribution in [2.24, 2.45) is 0 Å². The number of aromatic carboxylic acids is 1. The highest BCUT2D eigenvalue weighted by Crippen LogP contribution is 2.32. The molecule has 0 unspecified atom stereocenters. The van der Waals surface area contributed by atoms with Gasteiger partial charge in [0.15, 0.2) is 0 Å². The van der Waals surface area contributed by atoms with Gasteiger partial charge in [0.25, 0.3) is 0 Å². The summed E-state index contributed by atoms with van der Waals surface area (Å²) in [5, 5.41) is 8.78. The van der Waals surface area contributed by atoms with Gasteiger partial charge >= 0.3 is 12.1 Å². The maximum absolute atomic E-state index is 12.5. The molecule has 0 aliphatic heterocycles. The van der Waals surface area contributed by atoms with E-state index in [1.807, 2.05) is 0 Å². The van der Waals surface area contributed by atoms with Crippen LogP contribution in [0.15, 0.2) is 10.5 Å². The number of carboxylic acid groups (broad SMARTS) is 1. The van der Waals surface area contributed by atoms with Crippen molar-refractivity contribution >= 4 is 5.97 Å². The molecule has 1 aromatic heterocycles. The predicted molar refractivity (Wildman–Crippen MR) is 59.9 cm³/mol. The molecule has 0 spiro atoms. The Kier molecular flexibility index (Phi) is 3.58. The van der Waals surface area contributed by atoms with E-state index in [2.05, 4.69) is 0 Å². The Labute approximate surface area is 107 Å². The van der Waals surface area contributed by atoms with Crippen LogP contribution in [0.1, 0.15) is 34.7 Å². The minimum Gasteiger partial charge on any atom is -0.475 e. The smallest absolute Gasteiger partial charge is 0.401 e. The maximum atomic E-state index is 12.5. The summed E-state index contributed by atoms with van der Waals surface area (Å²) in [7, 11) is 0. The first-order chi connectivity index (χ1) is 8.76. The lowest BCUT2D eigenvalue weighted by Crippen LogP contribution is -2.35. The van der Waals surface area contributed by atoms with Crippen LogP contribution < -0.4 is 0 Å². The molecule has 2 rings (SSSR count). The summed E-state index contributed by atoms with van der Waals surface area (Å²) in [6.45, 7) is 0.637. The Balaban J connectivity index is 2.10. The zero-order chi connectivity index (χ0) is 14.2. The first-order valence-corrected chi connectivity index (χ1v) is 5.89. The second-order valence-corrected chi connectivity index (χ2v) is 4.75. The second kappa shape index (κ2) is 4.88. The number of carboxylic acids is 1. The highest BCUT2D eigenvalue weighted by molar-refractivity contribution is 5.84. The summed E-state index contributed by atoms with van der Waals surface area (Å²) >= 11 is 0. The molecular formula is C12H14F3NO3. The van der Waals surface area contributed by atoms with Crippen molar-refractivity contribution in [2.75, 3.05) is 6.54 Å². The van der Waals surface area contributed by atoms with E-state index in [1.54, 1.807) is 6.92 Å². The Morgan fingerprint density at radius 1 is 1.53 bits per heavy atom. The summed E-state index contributed by atoms with van der Waals surface area (Å²) in [6.07, 6.45) is -2.76. The maximum Gasteiger partial charge on any atom is 0.401 e. The number of aryl methyl sites for hydroxylation is 1. The number of halogens is 3. The highest BCUT2D eigenvalue weighted by atomic mass is 19.4. The third-order valence-electron chi connectivity index (χ3n) is 3.05. The molecule has 0 aromatic carbocycles. The molecule has 1 saturated carbocycles. The fourth-order valence-electron chi connectivity index (χ4n) is 1.99. The van der Waals surface area contributed by atoms with Gasteiger partial charge < -0.3 is 9.52 Å². The number of alkyl halides is 3. The number of hydrogen-bond acceptors (Lipinski definition) is 3. The predicted octanol–water partition coefficient (Wildman–Crippen LogP) is 2.81. The van der Waals surface area contributed by atoms with Crippen molar-refractivity contribution in [3.05, 3.63) is 23.2 Å². The van der Waals surface area contributed by atoms with Gasteiger partial charge in [-0.2, -0.15) is 13.2 Å². The van der Waals surface area contributed by atoms with Crippen LogP contribution in [0.2, 0.25) is 0 Å². The fourth-order valence-corrected chi connectivity index (χ4v) is 1.99. The minimum absolute atomic E-state index is 0.0623. The fraction of sp³-hybridized carbons (Fsp3) is 0.583. The molecule has 7 heteroatoms. The lowest BCUT2D eigenvalue weighted by molar-refractivity contribution is -0.148. The Morgan fingerprint density at radius 2 is 2.16 bits per heavy atom. The Bertz CT molecular complexity index is 477. The van der Waals surface area contributed by atoms with Crippen molar-refractivity contribution in [2.45, 2.75) is 38.5 Å². The Morgan fingerprint density at radius 3 is 2.58 bits per heavy atom. The SMILES string of the molecule is Cc1oc(C(=O)O)cc1CN(CC(F)(F)F)C1CC1. The average Bonchev–Trinajstić information content (AvgIpc) is 3.02. The Hall–Kier alpha value is -1.50. The van der Waals surface area contributed by atoms with Gasteiger partial charge in [0.05, 0.1) is 6.54 Å². The van der Waals surface area contributed by atoms with E-state index in [9.17, 15) is 18.0 Å². The molecule has 0 atom stereocenters. The quantitative estimate of drug-likeness (QED) is 0.899. The summed E-state index contributed by atoms with van der Waals surface area (Å²) < 4.78 is 42.4. The van der Waals surface area contributed by atoms with Crippen LogP contribution in [0, 0.1) is 6.92 Å². The molecule has 1 heterocycles. The average molecular weight is 277 g/mol. The van der Waals surface area contributed by atoms with E-state index in [0.29, 0.717) is 11.3 Å². The summed E-state index contributed by atoms with van der Waals surface area (Å²) in [4.78, 5) is 12.1. The molecule has 0 amide bonds. The zero-order valence-corrected chi connectivity index (χ0v) is 10.3. The van der Waals surface area contributed by atoms with Crippen LogP contribution in [0.25, 0.3) is 0 Å². The van der Waals surface area contributed by atoms with Crippen LogP contribution in [0.3, 0.4) is 0 Å². The van der Waals surface area contributed by atoms with Crippen LogP contribution >= 0.6 is 0 Å². The molecule has 0 saturated heterocycles. The van der Waals surface area contributed by atoms with Gasteiger partial charge in [-0.05, 0) is 25.8 Å². The zero-order valence-electron chi connectivity index (χ0n) is 10.3. The van der Waals surface area contributed by atoms with Crippen LogP contribution in [0.5, 0.6) is 0 Å². The van der Waals surface area contributed by atoms with E-state index in [0.717, 1.165) is 12.8 Å². The van der Waals surface area contributed by atoms with Crippen molar-refractivity contribution in [3.8, 4) is 0 Å². The van der Waals surface area contributed by atoms with E-state index >= 15 is 0 Å². The summed E-state index contributed by atoms with van der Waals surface area (Å²) in [5.41, 5.74) is 0.494. The molecule has 106 valence electrons. The van der Waals surface area contributed by atoms with Crippen molar-refractivity contribution in [1.82, 2.24) is 4.90 Å². The molecule has 1 aliphatic rings. The van der Waals surface area contributed by atoms with Gasteiger partial charge in [0.1, 0.15) is 5.76 Å². The van der Waals surface area contributed by atoms with Gasteiger partial charge in [-0.25, -0.2) is 4.79 Å². The number of hydrogen-bond donors (Lipinski definition) is 1. The standard InChI is InChI=1S/C12H14F3NO3/c1-7-8(4-10(19-7)11(17)18)5-16(9-2-3-9)6-12(13,14)15/h4,9H,2-3,5-6H2,1H3,(H,17,18). The summed E-state index contributed by atoms with van der Waals surface area (Å²) in [5.74, 6) is -1.11. The lowest BCUT2D eigenvalue weighted by atomic mass is 10.2. The number of rotatable bonds is 5. The van der Waals surface area contributed by atoms with E-state index in [1.165, 1.54) is 11.0 Å². The monoisotopic (exact) mass is 277 g/mol. The van der Waals surface area contributed by atoms with E-state index in [4.69, 9.17) is 9.52 Å². The van der Waals surface area contributed by atoms with Gasteiger partial charge in [0.2, 0.25) is 5.76 Å². The van der Waals surface area contributed by atoms with Gasteiger partial charge in [-0.3, -0.25) is 4.90 Å². The topological polar surface area (TPSA) is 53.7 Å². The number of nitrogens with zero attached hydrogens (tertiary/aromatic N) is 1. The molecule has 1 N–H and O–H groups in total. The first-order valence-electron chi connectivity index (χ1n) is 5.89. The van der Waals surface area contributed by atoms with Crippen molar-refractivity contribution in [1.29, 1.82) is 0 Å². The van der Waals surface area contributed by atoms with Gasteiger partial charge in [0, 0.05) is 18.2 Å². The first kappa shape index (κ1) is 13.9. The molecule has 1 aliphatic carbocycles. The van der Waals surface area contributed by atoms with Crippen LogP contribution in [0.4, 0.5) is 13.2 Å². The second-order valence-electron chi connectivity index (χ2n) is 4.75. The molecule has 1 fully saturated rings. The van der Waals surface area contributed by atoms with Gasteiger partial charge in [-0.15, -0.1) is 0 Å². The molecule has 1 aromatic rings. The van der Waals surface area contributed by atoms with E-state index in [-0.39, 0.29) is 18.3 Å². The lowest BCUT2D eigenvalue weighted by Gasteiger charge is -2.22. The highest BCUT2D eigenvalue weighted by Gasteiger charge is 2.38. The van der Waals surface area contributed by atoms with Crippen molar-refractivity contribution in [3.63, 3.8) is 0 Å². The minimum atomic E-state index is -4.25. The normalized spacial score (nSPS) is 16.1. The molecule has 0 radical (unpaired) electrons. The van der Waals surface area contributed by atoms with Crippen molar-refractivity contribution < 1.29 is 27.5 Å². The third-order valence-corrected chi connectivity index (χ3v) is 3.05.